The Morgan fingerprint density at radius 1 is 1.68 bits per heavy atom. The normalized spacial score (nSPS) is 18.8. The molecule has 1 fully saturated rings. The van der Waals surface area contributed by atoms with E-state index in [0.29, 0.717) is 6.54 Å². The fourth-order valence-electron chi connectivity index (χ4n) is 2.30. The lowest BCUT2D eigenvalue weighted by Crippen LogP contribution is -2.44. The van der Waals surface area contributed by atoms with Gasteiger partial charge in [-0.15, -0.1) is 11.3 Å². The summed E-state index contributed by atoms with van der Waals surface area (Å²) >= 11 is 1.71. The minimum absolute atomic E-state index is 0.00782. The topological polar surface area (TPSA) is 65.5 Å². The number of thiazole rings is 1. The van der Waals surface area contributed by atoms with Crippen molar-refractivity contribution in [2.75, 3.05) is 19.7 Å². The van der Waals surface area contributed by atoms with E-state index in [2.05, 4.69) is 17.2 Å². The van der Waals surface area contributed by atoms with Gasteiger partial charge in [0, 0.05) is 30.6 Å². The number of carbonyl (C=O) groups is 1. The van der Waals surface area contributed by atoms with Gasteiger partial charge in [-0.3, -0.25) is 0 Å². The molecule has 0 radical (unpaired) electrons. The number of aryl methyl sites for hydroxylation is 1. The van der Waals surface area contributed by atoms with Crippen molar-refractivity contribution < 1.29 is 9.90 Å². The highest BCUT2D eigenvalue weighted by molar-refractivity contribution is 7.11. The number of likely N-dealkylation sites (tertiary alicyclic amines) is 1. The molecule has 0 aliphatic carbocycles. The first-order valence-electron chi connectivity index (χ1n) is 6.83. The van der Waals surface area contributed by atoms with Crippen molar-refractivity contribution in [3.8, 4) is 0 Å². The first-order chi connectivity index (χ1) is 9.24. The number of rotatable bonds is 5. The minimum Gasteiger partial charge on any atom is -0.394 e. The number of nitrogens with one attached hydrogen (secondary N) is 1. The summed E-state index contributed by atoms with van der Waals surface area (Å²) in [5, 5.41) is 13.2. The van der Waals surface area contributed by atoms with E-state index in [9.17, 15) is 9.90 Å². The molecule has 2 heterocycles. The summed E-state index contributed by atoms with van der Waals surface area (Å²) in [5.74, 6) is 0. The van der Waals surface area contributed by atoms with Crippen LogP contribution in [0, 0.1) is 0 Å². The van der Waals surface area contributed by atoms with Crippen molar-refractivity contribution >= 4 is 17.4 Å². The summed E-state index contributed by atoms with van der Waals surface area (Å²) in [7, 11) is 0. The van der Waals surface area contributed by atoms with E-state index in [-0.39, 0.29) is 18.7 Å². The average Bonchev–Trinajstić information content (AvgIpc) is 3.06. The third-order valence-electron chi connectivity index (χ3n) is 3.41. The van der Waals surface area contributed by atoms with Crippen LogP contribution >= 0.6 is 11.3 Å². The van der Waals surface area contributed by atoms with E-state index in [0.717, 1.165) is 37.2 Å². The van der Waals surface area contributed by atoms with E-state index in [1.54, 1.807) is 16.2 Å². The Bertz CT molecular complexity index is 422. The van der Waals surface area contributed by atoms with Gasteiger partial charge in [0.25, 0.3) is 0 Å². The molecule has 1 saturated heterocycles. The second kappa shape index (κ2) is 6.86. The van der Waals surface area contributed by atoms with Crippen molar-refractivity contribution in [2.45, 2.75) is 38.6 Å². The Hall–Kier alpha value is -1.14. The van der Waals surface area contributed by atoms with Crippen molar-refractivity contribution in [1.29, 1.82) is 0 Å². The molecule has 0 spiro atoms. The Morgan fingerprint density at radius 3 is 3.21 bits per heavy atom. The molecule has 5 nitrogen and oxygen atoms in total. The zero-order chi connectivity index (χ0) is 13.7. The lowest BCUT2D eigenvalue weighted by atomic mass is 10.2. The smallest absolute Gasteiger partial charge is 0.317 e. The van der Waals surface area contributed by atoms with Gasteiger partial charge in [-0.05, 0) is 19.3 Å². The molecule has 2 rings (SSSR count). The van der Waals surface area contributed by atoms with Gasteiger partial charge in [0.05, 0.1) is 17.7 Å². The molecule has 0 unspecified atom stereocenters. The van der Waals surface area contributed by atoms with Gasteiger partial charge in [-0.2, -0.15) is 0 Å². The number of aromatic nitrogens is 1. The van der Waals surface area contributed by atoms with E-state index in [4.69, 9.17) is 0 Å². The lowest BCUT2D eigenvalue weighted by Gasteiger charge is -2.23. The number of amides is 2. The molecular weight excluding hydrogens is 262 g/mol. The van der Waals surface area contributed by atoms with Crippen LogP contribution in [0.15, 0.2) is 6.20 Å². The van der Waals surface area contributed by atoms with Crippen molar-refractivity contribution in [1.82, 2.24) is 15.2 Å². The number of aliphatic hydroxyl groups is 1. The highest BCUT2D eigenvalue weighted by atomic mass is 32.1. The molecule has 0 bridgehead atoms. The van der Waals surface area contributed by atoms with Crippen molar-refractivity contribution in [3.05, 3.63) is 16.1 Å². The van der Waals surface area contributed by atoms with Crippen molar-refractivity contribution in [2.24, 2.45) is 0 Å². The summed E-state index contributed by atoms with van der Waals surface area (Å²) in [6.45, 7) is 3.51. The fourth-order valence-corrected chi connectivity index (χ4v) is 3.16. The van der Waals surface area contributed by atoms with Gasteiger partial charge in [0.15, 0.2) is 0 Å². The van der Waals surface area contributed by atoms with Crippen LogP contribution < -0.4 is 5.32 Å². The maximum absolute atomic E-state index is 12.0. The third kappa shape index (κ3) is 3.67. The average molecular weight is 283 g/mol. The van der Waals surface area contributed by atoms with Gasteiger partial charge >= 0.3 is 6.03 Å². The van der Waals surface area contributed by atoms with Crippen LogP contribution in [0.5, 0.6) is 0 Å². The van der Waals surface area contributed by atoms with Crippen LogP contribution in [0.25, 0.3) is 0 Å². The Morgan fingerprint density at radius 2 is 2.53 bits per heavy atom. The number of carbonyl (C=O) groups excluding carboxylic acids is 1. The van der Waals surface area contributed by atoms with Crippen LogP contribution in [0.4, 0.5) is 4.79 Å². The SMILES string of the molecule is CCc1cnc(CCNC(=O)N2CCC[C@@H]2CO)s1. The zero-order valence-electron chi connectivity index (χ0n) is 11.3. The maximum Gasteiger partial charge on any atom is 0.317 e. The van der Waals surface area contributed by atoms with E-state index < -0.39 is 0 Å². The van der Waals surface area contributed by atoms with E-state index >= 15 is 0 Å². The third-order valence-corrected chi connectivity index (χ3v) is 4.62. The molecular formula is C13H21N3O2S. The molecule has 1 aliphatic rings. The van der Waals surface area contributed by atoms with Crippen LogP contribution in [0.1, 0.15) is 29.7 Å². The molecule has 1 aliphatic heterocycles. The first-order valence-corrected chi connectivity index (χ1v) is 7.65. The lowest BCUT2D eigenvalue weighted by molar-refractivity contribution is 0.157. The van der Waals surface area contributed by atoms with Crippen LogP contribution in [-0.4, -0.2) is 46.8 Å². The second-order valence-corrected chi connectivity index (χ2v) is 5.93. The van der Waals surface area contributed by atoms with Gasteiger partial charge < -0.3 is 15.3 Å². The molecule has 1 aromatic heterocycles. The number of hydrogen-bond donors (Lipinski definition) is 2. The molecule has 0 aromatic carbocycles. The van der Waals surface area contributed by atoms with Crippen molar-refractivity contribution in [3.63, 3.8) is 0 Å². The predicted octanol–water partition coefficient (Wildman–Crippen LogP) is 1.41. The molecule has 1 atom stereocenters. The number of nitrogens with zero attached hydrogens (tertiary/aromatic N) is 2. The van der Waals surface area contributed by atoms with Crippen LogP contribution in [-0.2, 0) is 12.8 Å². The highest BCUT2D eigenvalue weighted by Crippen LogP contribution is 2.16. The van der Waals surface area contributed by atoms with E-state index in [1.165, 1.54) is 4.88 Å². The highest BCUT2D eigenvalue weighted by Gasteiger charge is 2.27. The van der Waals surface area contributed by atoms with Crippen LogP contribution in [0.2, 0.25) is 0 Å². The Labute approximate surface area is 117 Å². The number of hydrogen-bond acceptors (Lipinski definition) is 4. The van der Waals surface area contributed by atoms with E-state index in [1.807, 2.05) is 6.20 Å². The molecule has 1 aromatic rings. The number of aliphatic hydroxyl groups excluding tert-OH is 1. The first kappa shape index (κ1) is 14.3. The predicted molar refractivity (Wildman–Crippen MR) is 75.4 cm³/mol. The fraction of sp³-hybridized carbons (Fsp3) is 0.692. The molecule has 6 heteroatoms. The summed E-state index contributed by atoms with van der Waals surface area (Å²) in [6.07, 6.45) is 5.56. The standard InChI is InChI=1S/C13H21N3O2S/c1-2-11-8-15-12(19-11)5-6-14-13(18)16-7-3-4-10(16)9-17/h8,10,17H,2-7,9H2,1H3,(H,14,18)/t10-/m1/s1. The molecule has 2 amide bonds. The Kier molecular flexibility index (Phi) is 5.15. The zero-order valence-corrected chi connectivity index (χ0v) is 12.1. The second-order valence-electron chi connectivity index (χ2n) is 4.73. The summed E-state index contributed by atoms with van der Waals surface area (Å²) < 4.78 is 0. The Balaban J connectivity index is 1.74. The van der Waals surface area contributed by atoms with Gasteiger partial charge in [0.2, 0.25) is 0 Å². The number of urea groups is 1. The molecule has 2 N–H and O–H groups in total. The quantitative estimate of drug-likeness (QED) is 0.859. The summed E-state index contributed by atoms with van der Waals surface area (Å²) in [6, 6.07) is -0.0737. The molecule has 19 heavy (non-hydrogen) atoms. The van der Waals surface area contributed by atoms with Crippen LogP contribution in [0.3, 0.4) is 0 Å². The monoisotopic (exact) mass is 283 g/mol. The van der Waals surface area contributed by atoms with Gasteiger partial charge in [-0.25, -0.2) is 9.78 Å². The largest absolute Gasteiger partial charge is 0.394 e. The summed E-state index contributed by atoms with van der Waals surface area (Å²) in [4.78, 5) is 19.3. The minimum atomic E-state index is -0.0659. The van der Waals surface area contributed by atoms with Gasteiger partial charge in [0.1, 0.15) is 0 Å². The van der Waals surface area contributed by atoms with Gasteiger partial charge in [-0.1, -0.05) is 6.92 Å². The summed E-state index contributed by atoms with van der Waals surface area (Å²) in [5.41, 5.74) is 0. The molecule has 0 saturated carbocycles. The molecule has 106 valence electrons. The maximum atomic E-state index is 12.0.